The Morgan fingerprint density at radius 1 is 1.56 bits per heavy atom. The van der Waals surface area contributed by atoms with Gasteiger partial charge in [-0.2, -0.15) is 0 Å². The van der Waals surface area contributed by atoms with E-state index < -0.39 is 0 Å². The van der Waals surface area contributed by atoms with Gasteiger partial charge >= 0.3 is 0 Å². The first kappa shape index (κ1) is 14.7. The van der Waals surface area contributed by atoms with Crippen LogP contribution in [0.5, 0.6) is 0 Å². The molecule has 0 saturated heterocycles. The molecule has 0 aliphatic carbocycles. The SMILES string of the molecule is COC(C)(C)CCOCc1occc1C(=O)NN. The fourth-order valence-corrected chi connectivity index (χ4v) is 1.32. The Morgan fingerprint density at radius 2 is 2.28 bits per heavy atom. The molecule has 6 nitrogen and oxygen atoms in total. The second kappa shape index (κ2) is 6.53. The molecule has 3 N–H and O–H groups in total. The van der Waals surface area contributed by atoms with E-state index in [0.29, 0.717) is 17.9 Å². The quantitative estimate of drug-likeness (QED) is 0.331. The zero-order valence-electron chi connectivity index (χ0n) is 11.0. The lowest BCUT2D eigenvalue weighted by Gasteiger charge is -2.22. The Kier molecular flexibility index (Phi) is 5.33. The maximum atomic E-state index is 11.4. The van der Waals surface area contributed by atoms with Crippen LogP contribution in [0.25, 0.3) is 0 Å². The number of hydrogen-bond acceptors (Lipinski definition) is 5. The topological polar surface area (TPSA) is 86.7 Å². The molecule has 1 rings (SSSR count). The van der Waals surface area contributed by atoms with Crippen LogP contribution in [0.1, 0.15) is 36.4 Å². The highest BCUT2D eigenvalue weighted by Gasteiger charge is 2.17. The number of carbonyl (C=O) groups is 1. The second-order valence-corrected chi connectivity index (χ2v) is 4.50. The number of hydrogen-bond donors (Lipinski definition) is 2. The van der Waals surface area contributed by atoms with Gasteiger partial charge in [0.05, 0.1) is 17.4 Å². The molecular weight excluding hydrogens is 236 g/mol. The molecule has 0 fully saturated rings. The number of nitrogens with one attached hydrogen (secondary N) is 1. The predicted molar refractivity (Wildman–Crippen MR) is 65.7 cm³/mol. The average molecular weight is 256 g/mol. The molecule has 18 heavy (non-hydrogen) atoms. The van der Waals surface area contributed by atoms with Crippen LogP contribution < -0.4 is 11.3 Å². The first-order chi connectivity index (χ1) is 8.50. The first-order valence-electron chi connectivity index (χ1n) is 5.70. The third-order valence-corrected chi connectivity index (χ3v) is 2.76. The number of amides is 1. The van der Waals surface area contributed by atoms with Crippen LogP contribution in [-0.4, -0.2) is 25.2 Å². The van der Waals surface area contributed by atoms with Crippen molar-refractivity contribution in [2.75, 3.05) is 13.7 Å². The molecule has 6 heteroatoms. The second-order valence-electron chi connectivity index (χ2n) is 4.50. The molecule has 102 valence electrons. The lowest BCUT2D eigenvalue weighted by molar-refractivity contribution is -0.0144. The van der Waals surface area contributed by atoms with Crippen molar-refractivity contribution < 1.29 is 18.7 Å². The molecule has 1 amide bonds. The van der Waals surface area contributed by atoms with Crippen molar-refractivity contribution in [3.63, 3.8) is 0 Å². The van der Waals surface area contributed by atoms with Gasteiger partial charge in [0.15, 0.2) is 0 Å². The van der Waals surface area contributed by atoms with E-state index in [4.69, 9.17) is 19.7 Å². The summed E-state index contributed by atoms with van der Waals surface area (Å²) in [5.74, 6) is 5.14. The molecule has 0 aromatic carbocycles. The van der Waals surface area contributed by atoms with Crippen LogP contribution in [0.4, 0.5) is 0 Å². The molecule has 0 saturated carbocycles. The van der Waals surface area contributed by atoms with Gasteiger partial charge < -0.3 is 13.9 Å². The summed E-state index contributed by atoms with van der Waals surface area (Å²) >= 11 is 0. The van der Waals surface area contributed by atoms with Crippen molar-refractivity contribution in [2.45, 2.75) is 32.5 Å². The molecule has 0 aliphatic rings. The standard InChI is InChI=1S/C12H20N2O4/c1-12(2,16-3)5-7-17-8-10-9(4-6-18-10)11(15)14-13/h4,6H,5,7-8,13H2,1-3H3,(H,14,15). The number of carbonyl (C=O) groups excluding carboxylic acids is 1. The lowest BCUT2D eigenvalue weighted by atomic mass is 10.1. The van der Waals surface area contributed by atoms with E-state index in [1.165, 1.54) is 6.26 Å². The van der Waals surface area contributed by atoms with Crippen molar-refractivity contribution in [3.8, 4) is 0 Å². The Morgan fingerprint density at radius 3 is 2.89 bits per heavy atom. The molecule has 0 radical (unpaired) electrons. The molecule has 1 heterocycles. The van der Waals surface area contributed by atoms with Crippen molar-refractivity contribution in [1.29, 1.82) is 0 Å². The van der Waals surface area contributed by atoms with Crippen molar-refractivity contribution in [3.05, 3.63) is 23.7 Å². The molecule has 1 aromatic heterocycles. The summed E-state index contributed by atoms with van der Waals surface area (Å²) in [4.78, 5) is 11.4. The highest BCUT2D eigenvalue weighted by Crippen LogP contribution is 2.15. The highest BCUT2D eigenvalue weighted by atomic mass is 16.5. The fourth-order valence-electron chi connectivity index (χ4n) is 1.32. The number of hydrazine groups is 1. The van der Waals surface area contributed by atoms with Gasteiger partial charge in [0.2, 0.25) is 0 Å². The summed E-state index contributed by atoms with van der Waals surface area (Å²) in [5.41, 5.74) is 2.23. The molecule has 1 aromatic rings. The molecule has 0 spiro atoms. The Bertz CT molecular complexity index is 387. The summed E-state index contributed by atoms with van der Waals surface area (Å²) in [7, 11) is 1.66. The van der Waals surface area contributed by atoms with E-state index >= 15 is 0 Å². The monoisotopic (exact) mass is 256 g/mol. The summed E-state index contributed by atoms with van der Waals surface area (Å²) < 4.78 is 15.9. The Labute approximate surface area is 106 Å². The molecule has 0 atom stereocenters. The Balaban J connectivity index is 2.41. The summed E-state index contributed by atoms with van der Waals surface area (Å²) in [5, 5.41) is 0. The van der Waals surface area contributed by atoms with Gasteiger partial charge in [-0.3, -0.25) is 10.2 Å². The molecule has 0 unspecified atom stereocenters. The normalized spacial score (nSPS) is 11.6. The number of ether oxygens (including phenoxy) is 2. The minimum Gasteiger partial charge on any atom is -0.466 e. The maximum absolute atomic E-state index is 11.4. The largest absolute Gasteiger partial charge is 0.466 e. The first-order valence-corrected chi connectivity index (χ1v) is 5.70. The van der Waals surface area contributed by atoms with Gasteiger partial charge in [0.25, 0.3) is 5.91 Å². The maximum Gasteiger partial charge on any atom is 0.268 e. The third-order valence-electron chi connectivity index (χ3n) is 2.76. The van der Waals surface area contributed by atoms with E-state index in [1.54, 1.807) is 13.2 Å². The van der Waals surface area contributed by atoms with Gasteiger partial charge in [-0.1, -0.05) is 0 Å². The molecular formula is C12H20N2O4. The van der Waals surface area contributed by atoms with Crippen molar-refractivity contribution in [1.82, 2.24) is 5.43 Å². The van der Waals surface area contributed by atoms with Crippen molar-refractivity contribution in [2.24, 2.45) is 5.84 Å². The van der Waals surface area contributed by atoms with Crippen LogP contribution in [0.2, 0.25) is 0 Å². The smallest absolute Gasteiger partial charge is 0.268 e. The summed E-state index contributed by atoms with van der Waals surface area (Å²) in [6, 6.07) is 1.56. The van der Waals surface area contributed by atoms with E-state index in [-0.39, 0.29) is 18.1 Å². The molecule has 0 aliphatic heterocycles. The van der Waals surface area contributed by atoms with Crippen LogP contribution in [-0.2, 0) is 16.1 Å². The zero-order valence-corrected chi connectivity index (χ0v) is 11.0. The predicted octanol–water partition coefficient (Wildman–Crippen LogP) is 1.21. The number of rotatable bonds is 7. The van der Waals surface area contributed by atoms with Crippen LogP contribution in [0.15, 0.2) is 16.7 Å². The van der Waals surface area contributed by atoms with Gasteiger partial charge in [-0.15, -0.1) is 0 Å². The van der Waals surface area contributed by atoms with Gasteiger partial charge in [0, 0.05) is 13.7 Å². The van der Waals surface area contributed by atoms with Crippen LogP contribution >= 0.6 is 0 Å². The van der Waals surface area contributed by atoms with Crippen LogP contribution in [0.3, 0.4) is 0 Å². The number of nitrogens with two attached hydrogens (primary N) is 1. The number of furan rings is 1. The molecule has 0 bridgehead atoms. The number of nitrogen functional groups attached to an aromatic ring is 1. The lowest BCUT2D eigenvalue weighted by Crippen LogP contribution is -2.30. The van der Waals surface area contributed by atoms with Crippen LogP contribution in [0, 0.1) is 0 Å². The fraction of sp³-hybridized carbons (Fsp3) is 0.583. The van der Waals surface area contributed by atoms with Gasteiger partial charge in [-0.25, -0.2) is 5.84 Å². The minimum absolute atomic E-state index is 0.222. The van der Waals surface area contributed by atoms with E-state index in [9.17, 15) is 4.79 Å². The minimum atomic E-state index is -0.389. The van der Waals surface area contributed by atoms with Crippen molar-refractivity contribution >= 4 is 5.91 Å². The third kappa shape index (κ3) is 4.14. The average Bonchev–Trinajstić information content (AvgIpc) is 2.82. The highest BCUT2D eigenvalue weighted by molar-refractivity contribution is 5.94. The van der Waals surface area contributed by atoms with E-state index in [1.807, 2.05) is 13.8 Å². The summed E-state index contributed by atoms with van der Waals surface area (Å²) in [6.07, 6.45) is 2.19. The van der Waals surface area contributed by atoms with E-state index in [2.05, 4.69) is 5.43 Å². The summed E-state index contributed by atoms with van der Waals surface area (Å²) in [6.45, 7) is 4.72. The Hall–Kier alpha value is -1.37. The number of methoxy groups -OCH3 is 1. The van der Waals surface area contributed by atoms with Gasteiger partial charge in [0.1, 0.15) is 12.4 Å². The van der Waals surface area contributed by atoms with Gasteiger partial charge in [-0.05, 0) is 26.3 Å². The zero-order chi connectivity index (χ0) is 13.6. The van der Waals surface area contributed by atoms with E-state index in [0.717, 1.165) is 6.42 Å².